The monoisotopic (exact) mass is 388 g/mol. The van der Waals surface area contributed by atoms with Crippen molar-refractivity contribution in [1.82, 2.24) is 0 Å². The molecule has 3 nitrogen and oxygen atoms in total. The largest absolute Gasteiger partial charge is 0.408 e. The minimum Gasteiger partial charge on any atom is -0.408 e. The molecule has 1 aliphatic heterocycles. The first kappa shape index (κ1) is 19.5. The lowest BCUT2D eigenvalue weighted by Gasteiger charge is -2.41. The lowest BCUT2D eigenvalue weighted by molar-refractivity contribution is -0.107. The predicted octanol–water partition coefficient (Wildman–Crippen LogP) is 5.67. The van der Waals surface area contributed by atoms with Crippen molar-refractivity contribution >= 4 is 25.9 Å². The molecule has 2 atom stereocenters. The Balaban J connectivity index is 1.90. The second-order valence-corrected chi connectivity index (χ2v) is 14.2. The van der Waals surface area contributed by atoms with Gasteiger partial charge in [-0.1, -0.05) is 45.0 Å². The number of carbonyl (C=O) groups is 1. The number of fused-ring (bicyclic) bond motifs is 1. The van der Waals surface area contributed by atoms with Crippen LogP contribution in [0.2, 0.25) is 18.1 Å². The minimum absolute atomic E-state index is 0.0172. The molecule has 0 radical (unpaired) electrons. The van der Waals surface area contributed by atoms with Gasteiger partial charge in [0, 0.05) is 11.3 Å². The molecular formula is C21H28O3SSi. The number of benzene rings is 1. The summed E-state index contributed by atoms with van der Waals surface area (Å²) in [5, 5.41) is 2.27. The van der Waals surface area contributed by atoms with Gasteiger partial charge in [-0.2, -0.15) is 0 Å². The number of hydrogen-bond donors (Lipinski definition) is 0. The molecule has 2 heterocycles. The van der Waals surface area contributed by atoms with Crippen molar-refractivity contribution in [3.8, 4) is 0 Å². The molecule has 0 amide bonds. The number of ether oxygens (including phenoxy) is 1. The van der Waals surface area contributed by atoms with E-state index in [0.29, 0.717) is 13.0 Å². The highest BCUT2D eigenvalue weighted by molar-refractivity contribution is 7.10. The third-order valence-corrected chi connectivity index (χ3v) is 11.0. The Labute approximate surface area is 161 Å². The molecule has 140 valence electrons. The third-order valence-electron chi connectivity index (χ3n) is 5.54. The summed E-state index contributed by atoms with van der Waals surface area (Å²) < 4.78 is 12.9. The number of thiophene rings is 1. The topological polar surface area (TPSA) is 35.5 Å². The molecule has 5 heteroatoms. The van der Waals surface area contributed by atoms with Gasteiger partial charge in [-0.15, -0.1) is 11.3 Å². The van der Waals surface area contributed by atoms with E-state index in [9.17, 15) is 4.79 Å². The van der Waals surface area contributed by atoms with Gasteiger partial charge in [0.2, 0.25) is 0 Å². The maximum Gasteiger partial charge on any atom is 0.193 e. The molecule has 3 rings (SSSR count). The summed E-state index contributed by atoms with van der Waals surface area (Å²) in [7, 11) is -1.89. The summed E-state index contributed by atoms with van der Waals surface area (Å²) in [5.74, 6) is 0. The number of carbonyl (C=O) groups excluding carboxylic acids is 1. The first-order chi connectivity index (χ1) is 12.2. The Morgan fingerprint density at radius 2 is 1.96 bits per heavy atom. The average Bonchev–Trinajstić information content (AvgIpc) is 3.02. The van der Waals surface area contributed by atoms with E-state index in [2.05, 4.69) is 69.6 Å². The van der Waals surface area contributed by atoms with Crippen LogP contribution < -0.4 is 0 Å². The quantitative estimate of drug-likeness (QED) is 0.489. The van der Waals surface area contributed by atoms with Crippen molar-refractivity contribution in [1.29, 1.82) is 0 Å². The Morgan fingerprint density at radius 1 is 1.27 bits per heavy atom. The SMILES string of the molecule is CC(C)(C)[Si](C)(C)OC1COC(c2csc(CC=O)c2)c2ccccc21. The van der Waals surface area contributed by atoms with Gasteiger partial charge in [0.05, 0.1) is 12.7 Å². The lowest BCUT2D eigenvalue weighted by atomic mass is 9.93. The van der Waals surface area contributed by atoms with Crippen molar-refractivity contribution in [3.05, 3.63) is 57.3 Å². The molecule has 1 aliphatic rings. The van der Waals surface area contributed by atoms with Crippen LogP contribution in [-0.4, -0.2) is 21.2 Å². The number of hydrogen-bond acceptors (Lipinski definition) is 4. The average molecular weight is 389 g/mol. The van der Waals surface area contributed by atoms with Gasteiger partial charge >= 0.3 is 0 Å². The third kappa shape index (κ3) is 3.86. The summed E-state index contributed by atoms with van der Waals surface area (Å²) in [6, 6.07) is 10.5. The van der Waals surface area contributed by atoms with E-state index >= 15 is 0 Å². The fourth-order valence-corrected chi connectivity index (χ4v) is 5.14. The molecule has 2 unspecified atom stereocenters. The molecule has 0 N–H and O–H groups in total. The highest BCUT2D eigenvalue weighted by Crippen LogP contribution is 2.44. The molecule has 2 aromatic rings. The van der Waals surface area contributed by atoms with E-state index in [1.54, 1.807) is 11.3 Å². The maximum absolute atomic E-state index is 10.8. The van der Waals surface area contributed by atoms with Crippen LogP contribution in [-0.2, 0) is 20.4 Å². The van der Waals surface area contributed by atoms with Crippen molar-refractivity contribution in [2.24, 2.45) is 0 Å². The second-order valence-electron chi connectivity index (χ2n) is 8.43. The van der Waals surface area contributed by atoms with E-state index in [1.165, 1.54) is 11.1 Å². The van der Waals surface area contributed by atoms with E-state index < -0.39 is 8.32 Å². The summed E-state index contributed by atoms with van der Waals surface area (Å²) in [4.78, 5) is 11.9. The zero-order valence-corrected chi connectivity index (χ0v) is 18.1. The van der Waals surface area contributed by atoms with Gasteiger partial charge in [-0.25, -0.2) is 0 Å². The molecule has 0 spiro atoms. The molecular weight excluding hydrogens is 360 g/mol. The minimum atomic E-state index is -1.89. The van der Waals surface area contributed by atoms with Crippen molar-refractivity contribution < 1.29 is 14.0 Å². The second kappa shape index (κ2) is 7.39. The molecule has 0 fully saturated rings. The van der Waals surface area contributed by atoms with E-state index in [1.807, 2.05) is 0 Å². The van der Waals surface area contributed by atoms with E-state index in [4.69, 9.17) is 9.16 Å². The molecule has 1 aromatic heterocycles. The first-order valence-corrected chi connectivity index (χ1v) is 12.9. The summed E-state index contributed by atoms with van der Waals surface area (Å²) in [6.07, 6.45) is 1.32. The molecule has 26 heavy (non-hydrogen) atoms. The molecule has 0 saturated heterocycles. The fraction of sp³-hybridized carbons (Fsp3) is 0.476. The van der Waals surface area contributed by atoms with Crippen LogP contribution in [0.4, 0.5) is 0 Å². The Morgan fingerprint density at radius 3 is 2.62 bits per heavy atom. The number of aldehydes is 1. The highest BCUT2D eigenvalue weighted by Gasteiger charge is 2.41. The summed E-state index contributed by atoms with van der Waals surface area (Å²) in [6.45, 7) is 11.9. The van der Waals surface area contributed by atoms with Crippen molar-refractivity contribution in [2.75, 3.05) is 6.61 Å². The van der Waals surface area contributed by atoms with Gasteiger partial charge in [-0.3, -0.25) is 0 Å². The van der Waals surface area contributed by atoms with Crippen molar-refractivity contribution in [2.45, 2.75) is 57.5 Å². The van der Waals surface area contributed by atoms with E-state index in [-0.39, 0.29) is 17.2 Å². The Hall–Kier alpha value is -1.27. The van der Waals surface area contributed by atoms with Crippen molar-refractivity contribution in [3.63, 3.8) is 0 Å². The normalized spacial score (nSPS) is 20.7. The molecule has 0 bridgehead atoms. The highest BCUT2D eigenvalue weighted by atomic mass is 32.1. The number of rotatable bonds is 5. The predicted molar refractivity (Wildman–Crippen MR) is 109 cm³/mol. The van der Waals surface area contributed by atoms with Crippen LogP contribution >= 0.6 is 11.3 Å². The standard InChI is InChI=1S/C21H28O3SSi/c1-21(2,3)26(4,5)24-19-13-23-20(18-9-7-6-8-17(18)19)15-12-16(10-11-22)25-14-15/h6-9,11-12,14,19-20H,10,13H2,1-5H3. The van der Waals surface area contributed by atoms with E-state index in [0.717, 1.165) is 16.7 Å². The van der Waals surface area contributed by atoms with Crippen LogP contribution in [0.5, 0.6) is 0 Å². The lowest BCUT2D eigenvalue weighted by Crippen LogP contribution is -2.43. The Bertz CT molecular complexity index is 776. The first-order valence-electron chi connectivity index (χ1n) is 9.12. The van der Waals surface area contributed by atoms with Crippen LogP contribution in [0.3, 0.4) is 0 Å². The zero-order chi connectivity index (χ0) is 18.9. The van der Waals surface area contributed by atoms with Gasteiger partial charge in [0.1, 0.15) is 12.4 Å². The zero-order valence-electron chi connectivity index (χ0n) is 16.2. The van der Waals surface area contributed by atoms with Gasteiger partial charge in [0.25, 0.3) is 0 Å². The smallest absolute Gasteiger partial charge is 0.193 e. The fourth-order valence-electron chi connectivity index (χ4n) is 3.04. The molecule has 0 aliphatic carbocycles. The van der Waals surface area contributed by atoms with Gasteiger partial charge < -0.3 is 14.0 Å². The van der Waals surface area contributed by atoms with Gasteiger partial charge in [-0.05, 0) is 46.3 Å². The van der Waals surface area contributed by atoms with Crippen LogP contribution in [0.1, 0.15) is 54.5 Å². The van der Waals surface area contributed by atoms with Crippen LogP contribution in [0.15, 0.2) is 35.7 Å². The maximum atomic E-state index is 10.8. The van der Waals surface area contributed by atoms with Crippen LogP contribution in [0, 0.1) is 0 Å². The Kier molecular flexibility index (Phi) is 5.54. The summed E-state index contributed by atoms with van der Waals surface area (Å²) >= 11 is 1.62. The summed E-state index contributed by atoms with van der Waals surface area (Å²) in [5.41, 5.74) is 3.54. The molecule has 0 saturated carbocycles. The molecule has 1 aromatic carbocycles. The van der Waals surface area contributed by atoms with Crippen LogP contribution in [0.25, 0.3) is 0 Å². The van der Waals surface area contributed by atoms with Gasteiger partial charge in [0.15, 0.2) is 8.32 Å².